The molecular formula is C16H24N2. The number of hydrogen-bond donors (Lipinski definition) is 1. The van der Waals surface area contributed by atoms with E-state index in [9.17, 15) is 0 Å². The number of nitrogens with one attached hydrogen (secondary N) is 1. The minimum Gasteiger partial charge on any atom is -0.312 e. The summed E-state index contributed by atoms with van der Waals surface area (Å²) in [5, 5.41) is 3.47. The Hall–Kier alpha value is -0.890. The molecule has 0 aromatic carbocycles. The number of fused-ring (bicyclic) bond motifs is 2. The number of nitrogens with zero attached hydrogens (tertiary/aromatic N) is 1. The van der Waals surface area contributed by atoms with E-state index in [1.807, 2.05) is 0 Å². The van der Waals surface area contributed by atoms with Crippen molar-refractivity contribution in [2.45, 2.75) is 45.1 Å². The third-order valence-corrected chi connectivity index (χ3v) is 5.04. The van der Waals surface area contributed by atoms with Gasteiger partial charge in [-0.15, -0.1) is 0 Å². The number of hydrogen-bond acceptors (Lipinski definition) is 2. The first-order valence-electron chi connectivity index (χ1n) is 7.37. The molecular weight excluding hydrogens is 220 g/mol. The summed E-state index contributed by atoms with van der Waals surface area (Å²) < 4.78 is 0. The Morgan fingerprint density at radius 3 is 2.83 bits per heavy atom. The van der Waals surface area contributed by atoms with E-state index in [2.05, 4.69) is 42.5 Å². The molecule has 1 N–H and O–H groups in total. The van der Waals surface area contributed by atoms with Crippen molar-refractivity contribution in [2.24, 2.45) is 17.8 Å². The van der Waals surface area contributed by atoms with Crippen LogP contribution in [0.25, 0.3) is 0 Å². The highest BCUT2D eigenvalue weighted by molar-refractivity contribution is 5.14. The van der Waals surface area contributed by atoms with E-state index in [1.165, 1.54) is 37.8 Å². The van der Waals surface area contributed by atoms with E-state index in [-0.39, 0.29) is 0 Å². The van der Waals surface area contributed by atoms with Crippen molar-refractivity contribution in [2.75, 3.05) is 7.05 Å². The van der Waals surface area contributed by atoms with E-state index in [0.717, 1.165) is 23.4 Å². The summed E-state index contributed by atoms with van der Waals surface area (Å²) in [6, 6.07) is 6.81. The molecule has 2 nitrogen and oxygen atoms in total. The molecule has 0 radical (unpaired) electrons. The molecule has 0 amide bonds. The lowest BCUT2D eigenvalue weighted by Gasteiger charge is -2.26. The van der Waals surface area contributed by atoms with E-state index in [1.54, 1.807) is 0 Å². The SMILES string of the molecule is CNC(CC1CC2CCC1C2)c1cccc(C)n1. The van der Waals surface area contributed by atoms with Crippen molar-refractivity contribution < 1.29 is 0 Å². The van der Waals surface area contributed by atoms with Crippen molar-refractivity contribution >= 4 is 0 Å². The maximum absolute atomic E-state index is 4.69. The molecule has 2 aliphatic rings. The van der Waals surface area contributed by atoms with Crippen molar-refractivity contribution in [3.8, 4) is 0 Å². The van der Waals surface area contributed by atoms with Crippen LogP contribution < -0.4 is 5.32 Å². The third kappa shape index (κ3) is 2.31. The van der Waals surface area contributed by atoms with Gasteiger partial charge in [0.15, 0.2) is 0 Å². The fourth-order valence-corrected chi connectivity index (χ4v) is 4.11. The second-order valence-electron chi connectivity index (χ2n) is 6.22. The van der Waals surface area contributed by atoms with Gasteiger partial charge in [0.25, 0.3) is 0 Å². The van der Waals surface area contributed by atoms with Gasteiger partial charge in [0.05, 0.1) is 5.69 Å². The Morgan fingerprint density at radius 1 is 1.33 bits per heavy atom. The molecule has 1 heterocycles. The largest absolute Gasteiger partial charge is 0.312 e. The van der Waals surface area contributed by atoms with E-state index in [4.69, 9.17) is 0 Å². The molecule has 0 aliphatic heterocycles. The van der Waals surface area contributed by atoms with Gasteiger partial charge in [0.1, 0.15) is 0 Å². The van der Waals surface area contributed by atoms with Crippen molar-refractivity contribution in [1.82, 2.24) is 10.3 Å². The van der Waals surface area contributed by atoms with Crippen molar-refractivity contribution in [3.63, 3.8) is 0 Å². The van der Waals surface area contributed by atoms with E-state index < -0.39 is 0 Å². The summed E-state index contributed by atoms with van der Waals surface area (Å²) in [4.78, 5) is 4.69. The molecule has 18 heavy (non-hydrogen) atoms. The van der Waals surface area contributed by atoms with E-state index >= 15 is 0 Å². The fraction of sp³-hybridized carbons (Fsp3) is 0.688. The van der Waals surface area contributed by atoms with Gasteiger partial charge in [-0.2, -0.15) is 0 Å². The average Bonchev–Trinajstić information content (AvgIpc) is 2.98. The van der Waals surface area contributed by atoms with Gasteiger partial charge in [-0.3, -0.25) is 4.98 Å². The minimum atomic E-state index is 0.439. The van der Waals surface area contributed by atoms with Crippen LogP contribution in [0, 0.1) is 24.7 Å². The van der Waals surface area contributed by atoms with Crippen LogP contribution in [0.3, 0.4) is 0 Å². The van der Waals surface area contributed by atoms with Gasteiger partial charge in [0, 0.05) is 11.7 Å². The van der Waals surface area contributed by atoms with Gasteiger partial charge in [-0.05, 0) is 69.5 Å². The van der Waals surface area contributed by atoms with Gasteiger partial charge < -0.3 is 5.32 Å². The second-order valence-corrected chi connectivity index (χ2v) is 6.22. The zero-order chi connectivity index (χ0) is 12.5. The molecule has 2 bridgehead atoms. The van der Waals surface area contributed by atoms with Gasteiger partial charge in [-0.1, -0.05) is 12.5 Å². The average molecular weight is 244 g/mol. The van der Waals surface area contributed by atoms with Crippen LogP contribution in [0.1, 0.15) is 49.5 Å². The molecule has 1 aromatic heterocycles. The Balaban J connectivity index is 1.69. The summed E-state index contributed by atoms with van der Waals surface area (Å²) in [6.45, 7) is 2.08. The van der Waals surface area contributed by atoms with Gasteiger partial charge in [0.2, 0.25) is 0 Å². The smallest absolute Gasteiger partial charge is 0.0576 e. The monoisotopic (exact) mass is 244 g/mol. The van der Waals surface area contributed by atoms with Crippen LogP contribution in [0.5, 0.6) is 0 Å². The number of rotatable bonds is 4. The lowest BCUT2D eigenvalue weighted by molar-refractivity contribution is 0.282. The lowest BCUT2D eigenvalue weighted by atomic mass is 9.83. The number of aryl methyl sites for hydroxylation is 1. The summed E-state index contributed by atoms with van der Waals surface area (Å²) in [5.74, 6) is 2.99. The quantitative estimate of drug-likeness (QED) is 0.877. The lowest BCUT2D eigenvalue weighted by Crippen LogP contribution is -2.23. The fourth-order valence-electron chi connectivity index (χ4n) is 4.11. The Labute approximate surface area is 110 Å². The molecule has 0 saturated heterocycles. The van der Waals surface area contributed by atoms with Crippen LogP contribution in [-0.4, -0.2) is 12.0 Å². The van der Waals surface area contributed by atoms with Crippen molar-refractivity contribution in [3.05, 3.63) is 29.6 Å². The zero-order valence-electron chi connectivity index (χ0n) is 11.5. The Bertz CT molecular complexity index is 415. The molecule has 2 saturated carbocycles. The first-order valence-corrected chi connectivity index (χ1v) is 7.37. The zero-order valence-corrected chi connectivity index (χ0v) is 11.5. The minimum absolute atomic E-state index is 0.439. The molecule has 2 aliphatic carbocycles. The number of aromatic nitrogens is 1. The summed E-state index contributed by atoms with van der Waals surface area (Å²) in [5.41, 5.74) is 2.35. The highest BCUT2D eigenvalue weighted by Gasteiger charge is 2.40. The molecule has 2 fully saturated rings. The maximum atomic E-state index is 4.69. The first kappa shape index (κ1) is 12.2. The van der Waals surface area contributed by atoms with Gasteiger partial charge in [-0.25, -0.2) is 0 Å². The Morgan fingerprint density at radius 2 is 2.22 bits per heavy atom. The summed E-state index contributed by atoms with van der Waals surface area (Å²) in [6.07, 6.45) is 7.21. The molecule has 4 unspecified atom stereocenters. The van der Waals surface area contributed by atoms with Gasteiger partial charge >= 0.3 is 0 Å². The summed E-state index contributed by atoms with van der Waals surface area (Å²) in [7, 11) is 2.07. The summed E-state index contributed by atoms with van der Waals surface area (Å²) >= 11 is 0. The first-order chi connectivity index (χ1) is 8.76. The molecule has 2 heteroatoms. The topological polar surface area (TPSA) is 24.9 Å². The molecule has 3 rings (SSSR count). The highest BCUT2D eigenvalue weighted by atomic mass is 14.9. The Kier molecular flexibility index (Phi) is 3.38. The standard InChI is InChI=1S/C16H24N2/c1-11-4-3-5-15(18-11)16(17-2)10-14-9-12-6-7-13(14)8-12/h3-5,12-14,16-17H,6-10H2,1-2H3. The van der Waals surface area contributed by atoms with E-state index in [0.29, 0.717) is 6.04 Å². The van der Waals surface area contributed by atoms with Crippen LogP contribution in [0.4, 0.5) is 0 Å². The normalized spacial score (nSPS) is 31.8. The third-order valence-electron chi connectivity index (χ3n) is 5.04. The maximum Gasteiger partial charge on any atom is 0.0576 e. The molecule has 1 aromatic rings. The van der Waals surface area contributed by atoms with Crippen molar-refractivity contribution in [1.29, 1.82) is 0 Å². The van der Waals surface area contributed by atoms with Crippen LogP contribution >= 0.6 is 0 Å². The predicted molar refractivity (Wildman–Crippen MR) is 74.3 cm³/mol. The van der Waals surface area contributed by atoms with Crippen LogP contribution in [-0.2, 0) is 0 Å². The van der Waals surface area contributed by atoms with Crippen LogP contribution in [0.2, 0.25) is 0 Å². The highest BCUT2D eigenvalue weighted by Crippen LogP contribution is 2.50. The van der Waals surface area contributed by atoms with Crippen LogP contribution in [0.15, 0.2) is 18.2 Å². The molecule has 0 spiro atoms. The molecule has 4 atom stereocenters. The predicted octanol–water partition coefficient (Wildman–Crippen LogP) is 3.48. The second kappa shape index (κ2) is 5.00. The number of pyridine rings is 1. The molecule has 98 valence electrons.